The number of nitrogens with zero attached hydrogens (tertiary/aromatic N) is 2. The number of rotatable bonds is 12. The highest BCUT2D eigenvalue weighted by atomic mass is 79.9. The molecule has 2 amide bonds. The van der Waals surface area contributed by atoms with E-state index in [0.29, 0.717) is 6.54 Å². The van der Waals surface area contributed by atoms with Crippen molar-refractivity contribution in [3.63, 3.8) is 0 Å². The molecule has 0 saturated heterocycles. The largest absolute Gasteiger partial charge is 0.354 e. The molecule has 0 aliphatic heterocycles. The first kappa shape index (κ1) is 29.3. The Kier molecular flexibility index (Phi) is 10.4. The van der Waals surface area contributed by atoms with Gasteiger partial charge in [-0.05, 0) is 67.4 Å². The van der Waals surface area contributed by atoms with Crippen molar-refractivity contribution < 1.29 is 22.4 Å². The lowest BCUT2D eigenvalue weighted by Crippen LogP contribution is -2.51. The molecule has 38 heavy (non-hydrogen) atoms. The predicted octanol–water partition coefficient (Wildman–Crippen LogP) is 5.12. The smallest absolute Gasteiger partial charge is 0.264 e. The van der Waals surface area contributed by atoms with Crippen LogP contribution in [0.3, 0.4) is 0 Å². The normalized spacial score (nSPS) is 12.0. The Labute approximate surface area is 231 Å². The molecule has 0 heterocycles. The van der Waals surface area contributed by atoms with Crippen molar-refractivity contribution in [2.24, 2.45) is 0 Å². The number of hydrogen-bond donors (Lipinski definition) is 1. The van der Waals surface area contributed by atoms with E-state index in [2.05, 4.69) is 21.2 Å². The molecule has 0 radical (unpaired) electrons. The van der Waals surface area contributed by atoms with E-state index in [1.54, 1.807) is 37.3 Å². The number of unbranched alkanes of at least 4 members (excludes halogenated alkanes) is 1. The number of sulfonamides is 1. The zero-order valence-electron chi connectivity index (χ0n) is 21.3. The molecule has 0 spiro atoms. The minimum absolute atomic E-state index is 0.105. The highest BCUT2D eigenvalue weighted by Gasteiger charge is 2.32. The zero-order chi connectivity index (χ0) is 27.7. The number of amides is 2. The molecule has 1 atom stereocenters. The van der Waals surface area contributed by atoms with Gasteiger partial charge in [0.1, 0.15) is 18.4 Å². The van der Waals surface area contributed by atoms with Crippen LogP contribution < -0.4 is 9.62 Å². The lowest BCUT2D eigenvalue weighted by Gasteiger charge is -2.32. The molecule has 0 fully saturated rings. The van der Waals surface area contributed by atoms with Crippen LogP contribution in [0.1, 0.15) is 32.3 Å². The van der Waals surface area contributed by atoms with Crippen LogP contribution in [0.5, 0.6) is 0 Å². The number of carbonyl (C=O) groups excluding carboxylic acids is 2. The molecule has 1 N–H and O–H groups in total. The van der Waals surface area contributed by atoms with E-state index < -0.39 is 34.3 Å². The van der Waals surface area contributed by atoms with Crippen molar-refractivity contribution in [2.45, 2.75) is 44.2 Å². The fourth-order valence-electron chi connectivity index (χ4n) is 3.76. The maximum absolute atomic E-state index is 13.8. The van der Waals surface area contributed by atoms with Gasteiger partial charge in [-0.2, -0.15) is 0 Å². The van der Waals surface area contributed by atoms with Crippen LogP contribution in [-0.2, 0) is 26.2 Å². The van der Waals surface area contributed by atoms with Gasteiger partial charge in [0.15, 0.2) is 0 Å². The van der Waals surface area contributed by atoms with E-state index in [-0.39, 0.29) is 23.0 Å². The summed E-state index contributed by atoms with van der Waals surface area (Å²) in [6.07, 6.45) is 1.71. The van der Waals surface area contributed by atoms with E-state index in [1.807, 2.05) is 31.2 Å². The van der Waals surface area contributed by atoms with Gasteiger partial charge in [0.05, 0.1) is 10.6 Å². The number of hydrogen-bond acceptors (Lipinski definition) is 4. The first-order valence-electron chi connectivity index (χ1n) is 12.3. The fraction of sp³-hybridized carbons (Fsp3) is 0.286. The second-order valence-electron chi connectivity index (χ2n) is 8.77. The minimum Gasteiger partial charge on any atom is -0.354 e. The molecule has 3 aromatic carbocycles. The van der Waals surface area contributed by atoms with Crippen molar-refractivity contribution >= 4 is 43.5 Å². The molecular formula is C28H31BrFN3O4S. The molecule has 202 valence electrons. The molecule has 3 aromatic rings. The summed E-state index contributed by atoms with van der Waals surface area (Å²) >= 11 is 3.39. The molecule has 3 rings (SSSR count). The Morgan fingerprint density at radius 1 is 0.974 bits per heavy atom. The van der Waals surface area contributed by atoms with Gasteiger partial charge in [-0.15, -0.1) is 0 Å². The lowest BCUT2D eigenvalue weighted by atomic mass is 10.1. The Hall–Kier alpha value is -3.24. The summed E-state index contributed by atoms with van der Waals surface area (Å²) in [4.78, 5) is 27.9. The summed E-state index contributed by atoms with van der Waals surface area (Å²) in [6.45, 7) is 3.67. The van der Waals surface area contributed by atoms with Crippen molar-refractivity contribution in [2.75, 3.05) is 17.4 Å². The molecule has 0 aliphatic carbocycles. The maximum atomic E-state index is 13.8. The van der Waals surface area contributed by atoms with Gasteiger partial charge in [-0.25, -0.2) is 12.8 Å². The van der Waals surface area contributed by atoms with Crippen molar-refractivity contribution in [1.29, 1.82) is 0 Å². The minimum atomic E-state index is -4.23. The summed E-state index contributed by atoms with van der Waals surface area (Å²) in [5.74, 6) is -1.45. The molecule has 0 unspecified atom stereocenters. The van der Waals surface area contributed by atoms with Crippen molar-refractivity contribution in [1.82, 2.24) is 10.2 Å². The number of carbonyl (C=O) groups is 2. The quantitative estimate of drug-likeness (QED) is 0.291. The van der Waals surface area contributed by atoms with E-state index in [0.717, 1.165) is 51.4 Å². The van der Waals surface area contributed by atoms with Gasteiger partial charge in [0.2, 0.25) is 11.8 Å². The van der Waals surface area contributed by atoms with Gasteiger partial charge >= 0.3 is 0 Å². The average molecular weight is 605 g/mol. The van der Waals surface area contributed by atoms with Gasteiger partial charge in [-0.3, -0.25) is 13.9 Å². The standard InChI is InChI=1S/C28H31BrFN3O4S/c1-3-4-18-31-28(35)21(2)32(19-22-10-12-23(29)13-11-22)27(34)20-33(25-8-6-5-7-9-25)38(36,37)26-16-14-24(30)15-17-26/h5-17,21H,3-4,18-20H2,1-2H3,(H,31,35)/t21-/m1/s1. The van der Waals surface area contributed by atoms with Crippen LogP contribution in [0.2, 0.25) is 0 Å². The highest BCUT2D eigenvalue weighted by Crippen LogP contribution is 2.24. The van der Waals surface area contributed by atoms with E-state index in [9.17, 15) is 22.4 Å². The molecule has 0 bridgehead atoms. The number of para-hydroxylation sites is 1. The van der Waals surface area contributed by atoms with Crippen LogP contribution in [0.25, 0.3) is 0 Å². The third kappa shape index (κ3) is 7.64. The highest BCUT2D eigenvalue weighted by molar-refractivity contribution is 9.10. The summed E-state index contributed by atoms with van der Waals surface area (Å²) in [5.41, 5.74) is 1.05. The molecule has 7 nitrogen and oxygen atoms in total. The molecule has 10 heteroatoms. The number of nitrogens with one attached hydrogen (secondary N) is 1. The number of halogens is 2. The summed E-state index contributed by atoms with van der Waals surface area (Å²) in [7, 11) is -4.23. The first-order valence-corrected chi connectivity index (χ1v) is 14.5. The number of benzene rings is 3. The van der Waals surface area contributed by atoms with Crippen LogP contribution >= 0.6 is 15.9 Å². The second-order valence-corrected chi connectivity index (χ2v) is 11.5. The van der Waals surface area contributed by atoms with E-state index in [4.69, 9.17) is 0 Å². The Morgan fingerprint density at radius 3 is 2.21 bits per heavy atom. The SMILES string of the molecule is CCCCNC(=O)[C@@H](C)N(Cc1ccc(Br)cc1)C(=O)CN(c1ccccc1)S(=O)(=O)c1ccc(F)cc1. The third-order valence-corrected chi connectivity index (χ3v) is 8.30. The fourth-order valence-corrected chi connectivity index (χ4v) is 5.44. The van der Waals surface area contributed by atoms with Crippen LogP contribution in [0.4, 0.5) is 10.1 Å². The second kappa shape index (κ2) is 13.5. The Morgan fingerprint density at radius 2 is 1.61 bits per heavy atom. The first-order chi connectivity index (χ1) is 18.1. The van der Waals surface area contributed by atoms with Gasteiger partial charge in [0.25, 0.3) is 10.0 Å². The summed E-state index contributed by atoms with van der Waals surface area (Å²) < 4.78 is 42.6. The van der Waals surface area contributed by atoms with Crippen molar-refractivity contribution in [3.8, 4) is 0 Å². The lowest BCUT2D eigenvalue weighted by molar-refractivity contribution is -0.139. The van der Waals surface area contributed by atoms with E-state index >= 15 is 0 Å². The topological polar surface area (TPSA) is 86.8 Å². The Balaban J connectivity index is 1.96. The van der Waals surface area contributed by atoms with Crippen LogP contribution in [0, 0.1) is 5.82 Å². The average Bonchev–Trinajstić information content (AvgIpc) is 2.91. The maximum Gasteiger partial charge on any atom is 0.264 e. The van der Waals surface area contributed by atoms with E-state index in [1.165, 1.54) is 4.90 Å². The van der Waals surface area contributed by atoms with Gasteiger partial charge in [0, 0.05) is 17.6 Å². The molecular weight excluding hydrogens is 573 g/mol. The van der Waals surface area contributed by atoms with Gasteiger partial charge in [-0.1, -0.05) is 59.6 Å². The van der Waals surface area contributed by atoms with Crippen molar-refractivity contribution in [3.05, 3.63) is 94.7 Å². The van der Waals surface area contributed by atoms with Gasteiger partial charge < -0.3 is 10.2 Å². The Bertz CT molecular complexity index is 1320. The molecule has 0 aliphatic rings. The predicted molar refractivity (Wildman–Crippen MR) is 149 cm³/mol. The molecule has 0 saturated carbocycles. The van der Waals surface area contributed by atoms with Crippen LogP contribution in [-0.4, -0.2) is 44.3 Å². The monoisotopic (exact) mass is 603 g/mol. The number of anilines is 1. The van der Waals surface area contributed by atoms with Crippen LogP contribution in [0.15, 0.2) is 88.2 Å². The third-order valence-electron chi connectivity index (χ3n) is 5.99. The molecule has 0 aromatic heterocycles. The zero-order valence-corrected chi connectivity index (χ0v) is 23.7. The summed E-state index contributed by atoms with van der Waals surface area (Å²) in [6, 6.07) is 19.1. The summed E-state index contributed by atoms with van der Waals surface area (Å²) in [5, 5.41) is 2.85.